The van der Waals surface area contributed by atoms with Gasteiger partial charge in [-0.25, -0.2) is 0 Å². The number of hydrogen-bond acceptors (Lipinski definition) is 5. The molecule has 1 aromatic carbocycles. The summed E-state index contributed by atoms with van der Waals surface area (Å²) in [4.78, 5) is 20.6. The van der Waals surface area contributed by atoms with Gasteiger partial charge in [-0.2, -0.15) is 0 Å². The van der Waals surface area contributed by atoms with Crippen molar-refractivity contribution in [1.29, 1.82) is 0 Å². The lowest BCUT2D eigenvalue weighted by atomic mass is 10.0. The van der Waals surface area contributed by atoms with Crippen LogP contribution in [0.3, 0.4) is 0 Å². The van der Waals surface area contributed by atoms with E-state index in [4.69, 9.17) is 0 Å². The number of benzene rings is 1. The summed E-state index contributed by atoms with van der Waals surface area (Å²) in [6.45, 7) is 1.15. The van der Waals surface area contributed by atoms with E-state index in [1.165, 1.54) is 24.3 Å². The number of nitrogens with zero attached hydrogens (tertiary/aromatic N) is 1. The molecule has 0 unspecified atom stereocenters. The lowest BCUT2D eigenvalue weighted by Gasteiger charge is -2.14. The minimum atomic E-state index is -1.51. The van der Waals surface area contributed by atoms with Gasteiger partial charge in [-0.15, -0.1) is 0 Å². The molecule has 0 saturated carbocycles. The Bertz CT molecular complexity index is 400. The molecule has 2 atom stereocenters. The summed E-state index contributed by atoms with van der Waals surface area (Å²) in [5.41, 5.74) is 0.140. The molecule has 2 N–H and O–H groups in total. The second-order valence-corrected chi connectivity index (χ2v) is 3.35. The number of carbonyl (C=O) groups is 1. The molecule has 0 aliphatic carbocycles. The summed E-state index contributed by atoms with van der Waals surface area (Å²) in [6, 6.07) is 5.00. The number of hydrogen-bond donors (Lipinski definition) is 2. The second kappa shape index (κ2) is 4.82. The Labute approximate surface area is 91.3 Å². The van der Waals surface area contributed by atoms with Crippen LogP contribution in [0.25, 0.3) is 0 Å². The van der Waals surface area contributed by atoms with E-state index >= 15 is 0 Å². The lowest BCUT2D eigenvalue weighted by Crippen LogP contribution is -2.25. The topological polar surface area (TPSA) is 101 Å². The number of nitro groups is 1. The number of aliphatic hydroxyl groups excluding tert-OH is 2. The smallest absolute Gasteiger partial charge is 0.269 e. The summed E-state index contributed by atoms with van der Waals surface area (Å²) < 4.78 is 0. The van der Waals surface area contributed by atoms with Crippen LogP contribution in [0.2, 0.25) is 0 Å². The maximum atomic E-state index is 10.8. The fourth-order valence-corrected chi connectivity index (χ4v) is 1.20. The van der Waals surface area contributed by atoms with Gasteiger partial charge in [0.15, 0.2) is 5.78 Å². The summed E-state index contributed by atoms with van der Waals surface area (Å²) >= 11 is 0. The minimum Gasteiger partial charge on any atom is -0.385 e. The Morgan fingerprint density at radius 1 is 1.31 bits per heavy atom. The molecular weight excluding hydrogens is 214 g/mol. The van der Waals surface area contributed by atoms with E-state index in [2.05, 4.69) is 0 Å². The molecule has 0 aromatic heterocycles. The molecule has 0 fully saturated rings. The van der Waals surface area contributed by atoms with Gasteiger partial charge in [0.2, 0.25) is 0 Å². The first-order valence-corrected chi connectivity index (χ1v) is 4.54. The molecule has 6 nitrogen and oxygen atoms in total. The highest BCUT2D eigenvalue weighted by Crippen LogP contribution is 2.20. The van der Waals surface area contributed by atoms with Gasteiger partial charge in [-0.05, 0) is 24.6 Å². The van der Waals surface area contributed by atoms with E-state index in [9.17, 15) is 25.1 Å². The molecule has 0 amide bonds. The quantitative estimate of drug-likeness (QED) is 0.576. The SMILES string of the molecule is CC(=O)[C@H](O)[C@@H](O)c1ccc([N+](=O)[O-])cc1. The van der Waals surface area contributed by atoms with Gasteiger partial charge in [0, 0.05) is 12.1 Å². The van der Waals surface area contributed by atoms with Crippen molar-refractivity contribution in [3.63, 3.8) is 0 Å². The van der Waals surface area contributed by atoms with E-state index in [1.54, 1.807) is 0 Å². The van der Waals surface area contributed by atoms with E-state index in [0.29, 0.717) is 0 Å². The number of rotatable bonds is 4. The van der Waals surface area contributed by atoms with Crippen LogP contribution in [0.5, 0.6) is 0 Å². The van der Waals surface area contributed by atoms with E-state index in [-0.39, 0.29) is 11.3 Å². The summed E-state index contributed by atoms with van der Waals surface area (Å²) in [5, 5.41) is 29.2. The summed E-state index contributed by atoms with van der Waals surface area (Å²) in [6.07, 6.45) is -2.88. The zero-order valence-electron chi connectivity index (χ0n) is 8.53. The van der Waals surface area contributed by atoms with Gasteiger partial charge in [-0.1, -0.05) is 0 Å². The Hall–Kier alpha value is -1.79. The zero-order chi connectivity index (χ0) is 12.3. The van der Waals surface area contributed by atoms with Gasteiger partial charge >= 0.3 is 0 Å². The molecule has 1 aromatic rings. The maximum absolute atomic E-state index is 10.8. The van der Waals surface area contributed by atoms with Gasteiger partial charge in [-0.3, -0.25) is 14.9 Å². The van der Waals surface area contributed by atoms with Crippen LogP contribution in [0, 0.1) is 10.1 Å². The number of nitro benzene ring substituents is 1. The number of non-ortho nitro benzene ring substituents is 1. The Morgan fingerprint density at radius 2 is 1.81 bits per heavy atom. The fourth-order valence-electron chi connectivity index (χ4n) is 1.20. The van der Waals surface area contributed by atoms with Crippen LogP contribution in [-0.4, -0.2) is 27.0 Å². The van der Waals surface area contributed by atoms with Gasteiger partial charge < -0.3 is 10.2 Å². The minimum absolute atomic E-state index is 0.117. The number of aliphatic hydroxyl groups is 2. The molecule has 0 aliphatic rings. The molecular formula is C10H11NO5. The van der Waals surface area contributed by atoms with Crippen molar-refractivity contribution in [2.45, 2.75) is 19.1 Å². The van der Waals surface area contributed by atoms with Gasteiger partial charge in [0.1, 0.15) is 12.2 Å². The van der Waals surface area contributed by atoms with Crippen LogP contribution in [-0.2, 0) is 4.79 Å². The molecule has 6 heteroatoms. The normalized spacial score (nSPS) is 14.2. The molecule has 16 heavy (non-hydrogen) atoms. The fraction of sp³-hybridized carbons (Fsp3) is 0.300. The van der Waals surface area contributed by atoms with Crippen molar-refractivity contribution >= 4 is 11.5 Å². The Kier molecular flexibility index (Phi) is 3.70. The first-order valence-electron chi connectivity index (χ1n) is 4.54. The molecule has 0 heterocycles. The highest BCUT2D eigenvalue weighted by atomic mass is 16.6. The van der Waals surface area contributed by atoms with Crippen molar-refractivity contribution in [3.05, 3.63) is 39.9 Å². The maximum Gasteiger partial charge on any atom is 0.269 e. The molecule has 0 saturated heterocycles. The molecule has 0 spiro atoms. The van der Waals surface area contributed by atoms with Crippen molar-refractivity contribution in [2.75, 3.05) is 0 Å². The molecule has 0 radical (unpaired) electrons. The number of Topliss-reactive ketones (excluding diaryl/α,β-unsaturated/α-hetero) is 1. The monoisotopic (exact) mass is 225 g/mol. The lowest BCUT2D eigenvalue weighted by molar-refractivity contribution is -0.384. The summed E-state index contributed by atoms with van der Waals surface area (Å²) in [7, 11) is 0. The number of ketones is 1. The third-order valence-corrected chi connectivity index (χ3v) is 2.16. The van der Waals surface area contributed by atoms with Crippen LogP contribution in [0.1, 0.15) is 18.6 Å². The van der Waals surface area contributed by atoms with E-state index in [0.717, 1.165) is 6.92 Å². The van der Waals surface area contributed by atoms with Crippen molar-refractivity contribution in [3.8, 4) is 0 Å². The average Bonchev–Trinajstić information content (AvgIpc) is 2.27. The predicted octanol–water partition coefficient (Wildman–Crippen LogP) is 0.578. The highest BCUT2D eigenvalue weighted by Gasteiger charge is 2.22. The van der Waals surface area contributed by atoms with Crippen LogP contribution < -0.4 is 0 Å². The van der Waals surface area contributed by atoms with Crippen molar-refractivity contribution in [1.82, 2.24) is 0 Å². The van der Waals surface area contributed by atoms with E-state index in [1.807, 2.05) is 0 Å². The molecule has 0 aliphatic heterocycles. The van der Waals surface area contributed by atoms with E-state index < -0.39 is 22.9 Å². The third-order valence-electron chi connectivity index (χ3n) is 2.16. The average molecular weight is 225 g/mol. The zero-order valence-corrected chi connectivity index (χ0v) is 8.53. The summed E-state index contributed by atoms with van der Waals surface area (Å²) in [5.74, 6) is -0.564. The number of carbonyl (C=O) groups excluding carboxylic acids is 1. The van der Waals surface area contributed by atoms with Crippen LogP contribution in [0.4, 0.5) is 5.69 Å². The van der Waals surface area contributed by atoms with Gasteiger partial charge in [0.25, 0.3) is 5.69 Å². The molecule has 86 valence electrons. The highest BCUT2D eigenvalue weighted by molar-refractivity contribution is 5.81. The predicted molar refractivity (Wildman–Crippen MR) is 54.7 cm³/mol. The second-order valence-electron chi connectivity index (χ2n) is 3.35. The third kappa shape index (κ3) is 2.62. The first-order chi connectivity index (χ1) is 7.43. The molecule has 0 bridgehead atoms. The van der Waals surface area contributed by atoms with Crippen LogP contribution in [0.15, 0.2) is 24.3 Å². The van der Waals surface area contributed by atoms with Crippen molar-refractivity contribution in [2.24, 2.45) is 0 Å². The largest absolute Gasteiger partial charge is 0.385 e. The standard InChI is InChI=1S/C10H11NO5/c1-6(12)9(13)10(14)7-2-4-8(5-3-7)11(15)16/h2-5,9-10,13-14H,1H3/t9-,10-/m0/s1. The Morgan fingerprint density at radius 3 is 2.19 bits per heavy atom. The van der Waals surface area contributed by atoms with Crippen molar-refractivity contribution < 1.29 is 19.9 Å². The Balaban J connectivity index is 2.89. The first kappa shape index (κ1) is 12.3. The van der Waals surface area contributed by atoms with Gasteiger partial charge in [0.05, 0.1) is 4.92 Å². The van der Waals surface area contributed by atoms with Crippen LogP contribution >= 0.6 is 0 Å². The molecule has 1 rings (SSSR count).